The van der Waals surface area contributed by atoms with E-state index in [-0.39, 0.29) is 12.1 Å². The van der Waals surface area contributed by atoms with Crippen LogP contribution in [0, 0.1) is 5.92 Å². The van der Waals surface area contributed by atoms with Crippen LogP contribution in [0.1, 0.15) is 24.3 Å². The summed E-state index contributed by atoms with van der Waals surface area (Å²) in [5.74, 6) is -0.896. The minimum atomic E-state index is -0.814. The maximum absolute atomic E-state index is 12.3. The molecule has 4 rings (SSSR count). The van der Waals surface area contributed by atoms with Gasteiger partial charge in [-0.3, -0.25) is 4.79 Å². The fourth-order valence-electron chi connectivity index (χ4n) is 3.67. The van der Waals surface area contributed by atoms with Gasteiger partial charge in [-0.05, 0) is 29.2 Å². The van der Waals surface area contributed by atoms with Crippen LogP contribution in [-0.4, -0.2) is 41.1 Å². The van der Waals surface area contributed by atoms with Crippen molar-refractivity contribution in [3.8, 4) is 0 Å². The molecule has 0 bridgehead atoms. The van der Waals surface area contributed by atoms with Crippen LogP contribution >= 0.6 is 0 Å². The first kappa shape index (κ1) is 15.0. The molecule has 0 aromatic heterocycles. The van der Waals surface area contributed by atoms with Crippen molar-refractivity contribution < 1.29 is 14.7 Å². The van der Waals surface area contributed by atoms with E-state index < -0.39 is 11.9 Å². The SMILES string of the molecule is O=C(O)C1CCN(C(=O)N[C@@H]2C[C@H]2c2cccc3ccccc23)C1. The second-order valence-corrected chi connectivity index (χ2v) is 6.74. The third-order valence-electron chi connectivity index (χ3n) is 5.15. The van der Waals surface area contributed by atoms with Crippen molar-refractivity contribution in [1.82, 2.24) is 10.2 Å². The molecule has 2 aromatic carbocycles. The summed E-state index contributed by atoms with van der Waals surface area (Å²) in [7, 11) is 0. The molecular formula is C19H20N2O3. The summed E-state index contributed by atoms with van der Waals surface area (Å²) >= 11 is 0. The number of hydrogen-bond donors (Lipinski definition) is 2. The van der Waals surface area contributed by atoms with Crippen LogP contribution in [0.2, 0.25) is 0 Å². The number of hydrogen-bond acceptors (Lipinski definition) is 2. The molecule has 2 fully saturated rings. The highest BCUT2D eigenvalue weighted by atomic mass is 16.4. The van der Waals surface area contributed by atoms with Crippen LogP contribution < -0.4 is 5.32 Å². The Morgan fingerprint density at radius 3 is 2.71 bits per heavy atom. The first-order valence-electron chi connectivity index (χ1n) is 8.39. The number of fused-ring (bicyclic) bond motifs is 1. The van der Waals surface area contributed by atoms with Crippen LogP contribution in [0.15, 0.2) is 42.5 Å². The monoisotopic (exact) mass is 324 g/mol. The van der Waals surface area contributed by atoms with Gasteiger partial charge in [-0.25, -0.2) is 4.79 Å². The maximum Gasteiger partial charge on any atom is 0.317 e. The van der Waals surface area contributed by atoms with Crippen molar-refractivity contribution in [1.29, 1.82) is 0 Å². The van der Waals surface area contributed by atoms with Gasteiger partial charge in [0.2, 0.25) is 0 Å². The Bertz CT molecular complexity index is 799. The molecule has 1 aliphatic carbocycles. The molecule has 2 aliphatic rings. The van der Waals surface area contributed by atoms with Gasteiger partial charge in [0.25, 0.3) is 0 Å². The number of nitrogens with one attached hydrogen (secondary N) is 1. The Labute approximate surface area is 140 Å². The van der Waals surface area contributed by atoms with Crippen molar-refractivity contribution >= 4 is 22.8 Å². The normalized spacial score (nSPS) is 25.7. The molecule has 2 aromatic rings. The summed E-state index contributed by atoms with van der Waals surface area (Å²) in [5, 5.41) is 14.6. The van der Waals surface area contributed by atoms with Gasteiger partial charge in [-0.2, -0.15) is 0 Å². The first-order chi connectivity index (χ1) is 11.6. The zero-order valence-corrected chi connectivity index (χ0v) is 13.3. The lowest BCUT2D eigenvalue weighted by Crippen LogP contribution is -2.40. The molecule has 3 atom stereocenters. The predicted octanol–water partition coefficient (Wildman–Crippen LogP) is 2.81. The highest BCUT2D eigenvalue weighted by Gasteiger charge is 2.42. The van der Waals surface area contributed by atoms with Crippen LogP contribution in [-0.2, 0) is 4.79 Å². The molecule has 1 saturated heterocycles. The molecule has 1 aliphatic heterocycles. The summed E-state index contributed by atoms with van der Waals surface area (Å²) in [6, 6.07) is 14.6. The second-order valence-electron chi connectivity index (χ2n) is 6.74. The van der Waals surface area contributed by atoms with Crippen molar-refractivity contribution in [3.63, 3.8) is 0 Å². The van der Waals surface area contributed by atoms with E-state index in [2.05, 4.69) is 35.6 Å². The first-order valence-corrected chi connectivity index (χ1v) is 8.39. The fourth-order valence-corrected chi connectivity index (χ4v) is 3.67. The van der Waals surface area contributed by atoms with Gasteiger partial charge < -0.3 is 15.3 Å². The summed E-state index contributed by atoms with van der Waals surface area (Å²) in [4.78, 5) is 25.0. The van der Waals surface area contributed by atoms with E-state index >= 15 is 0 Å². The van der Waals surface area contributed by atoms with Crippen molar-refractivity contribution in [2.45, 2.75) is 24.8 Å². The van der Waals surface area contributed by atoms with E-state index in [0.717, 1.165) is 6.42 Å². The van der Waals surface area contributed by atoms with E-state index in [4.69, 9.17) is 5.11 Å². The van der Waals surface area contributed by atoms with Crippen molar-refractivity contribution in [2.75, 3.05) is 13.1 Å². The summed E-state index contributed by atoms with van der Waals surface area (Å²) in [6.45, 7) is 0.835. The number of carbonyl (C=O) groups excluding carboxylic acids is 1. The number of carboxylic acids is 1. The van der Waals surface area contributed by atoms with Gasteiger partial charge in [0, 0.05) is 25.0 Å². The number of amides is 2. The average molecular weight is 324 g/mol. The number of nitrogens with zero attached hydrogens (tertiary/aromatic N) is 1. The van der Waals surface area contributed by atoms with Crippen LogP contribution in [0.5, 0.6) is 0 Å². The van der Waals surface area contributed by atoms with Gasteiger partial charge >= 0.3 is 12.0 Å². The molecule has 0 spiro atoms. The van der Waals surface area contributed by atoms with E-state index in [9.17, 15) is 9.59 Å². The number of aliphatic carboxylic acids is 1. The number of benzene rings is 2. The molecule has 124 valence electrons. The molecule has 1 saturated carbocycles. The van der Waals surface area contributed by atoms with Gasteiger partial charge in [-0.1, -0.05) is 42.5 Å². The number of carbonyl (C=O) groups is 2. The molecule has 1 heterocycles. The molecule has 5 heteroatoms. The molecule has 24 heavy (non-hydrogen) atoms. The molecular weight excluding hydrogens is 304 g/mol. The predicted molar refractivity (Wildman–Crippen MR) is 90.9 cm³/mol. The topological polar surface area (TPSA) is 69.6 Å². The largest absolute Gasteiger partial charge is 0.481 e. The third kappa shape index (κ3) is 2.70. The smallest absolute Gasteiger partial charge is 0.317 e. The molecule has 1 unspecified atom stereocenters. The average Bonchev–Trinajstić information content (AvgIpc) is 3.15. The van der Waals surface area contributed by atoms with Gasteiger partial charge in [0.05, 0.1) is 5.92 Å². The minimum absolute atomic E-state index is 0.133. The van der Waals surface area contributed by atoms with Crippen molar-refractivity contribution in [3.05, 3.63) is 48.0 Å². The number of carboxylic acid groups (broad SMARTS) is 1. The highest BCUT2D eigenvalue weighted by Crippen LogP contribution is 2.43. The summed E-state index contributed by atoms with van der Waals surface area (Å²) in [5.41, 5.74) is 1.28. The molecule has 2 N–H and O–H groups in total. The Morgan fingerprint density at radius 1 is 1.12 bits per heavy atom. The fraction of sp³-hybridized carbons (Fsp3) is 0.368. The second kappa shape index (κ2) is 5.82. The van der Waals surface area contributed by atoms with Gasteiger partial charge in [-0.15, -0.1) is 0 Å². The lowest BCUT2D eigenvalue weighted by Gasteiger charge is -2.17. The van der Waals surface area contributed by atoms with Gasteiger partial charge in [0.15, 0.2) is 0 Å². The van der Waals surface area contributed by atoms with Crippen LogP contribution in [0.4, 0.5) is 4.79 Å². The highest BCUT2D eigenvalue weighted by molar-refractivity contribution is 5.87. The summed E-state index contributed by atoms with van der Waals surface area (Å²) < 4.78 is 0. The third-order valence-corrected chi connectivity index (χ3v) is 5.15. The van der Waals surface area contributed by atoms with Crippen LogP contribution in [0.25, 0.3) is 10.8 Å². The van der Waals surface area contributed by atoms with E-state index in [1.54, 1.807) is 4.90 Å². The van der Waals surface area contributed by atoms with Crippen molar-refractivity contribution in [2.24, 2.45) is 5.92 Å². The van der Waals surface area contributed by atoms with Crippen LogP contribution in [0.3, 0.4) is 0 Å². The number of urea groups is 1. The van der Waals surface area contributed by atoms with E-state index in [1.165, 1.54) is 16.3 Å². The molecule has 2 amide bonds. The zero-order chi connectivity index (χ0) is 16.7. The lowest BCUT2D eigenvalue weighted by molar-refractivity contribution is -0.141. The Hall–Kier alpha value is -2.56. The number of rotatable bonds is 3. The maximum atomic E-state index is 12.3. The Morgan fingerprint density at radius 2 is 1.92 bits per heavy atom. The Kier molecular flexibility index (Phi) is 3.63. The Balaban J connectivity index is 1.42. The number of likely N-dealkylation sites (tertiary alicyclic amines) is 1. The zero-order valence-electron chi connectivity index (χ0n) is 13.3. The van der Waals surface area contributed by atoms with Gasteiger partial charge in [0.1, 0.15) is 0 Å². The molecule has 0 radical (unpaired) electrons. The van der Waals surface area contributed by atoms with E-state index in [0.29, 0.717) is 25.4 Å². The molecule has 5 nitrogen and oxygen atoms in total. The standard InChI is InChI=1S/C19H20N2O3/c22-18(23)13-8-9-21(11-13)19(24)20-17-10-16(17)15-7-3-5-12-4-1-2-6-14(12)15/h1-7,13,16-17H,8-11H2,(H,20,24)(H,22,23)/t13?,16-,17+/m0/s1. The lowest BCUT2D eigenvalue weighted by atomic mass is 10.0. The quantitative estimate of drug-likeness (QED) is 0.912. The van der Waals surface area contributed by atoms with E-state index in [1.807, 2.05) is 12.1 Å². The summed E-state index contributed by atoms with van der Waals surface area (Å²) in [6.07, 6.45) is 1.48. The minimum Gasteiger partial charge on any atom is -0.481 e.